The second-order valence-corrected chi connectivity index (χ2v) is 7.65. The molecule has 1 aromatic rings. The maximum atomic E-state index is 11.6. The Morgan fingerprint density at radius 2 is 2.32 bits per heavy atom. The minimum atomic E-state index is -1.33. The van der Waals surface area contributed by atoms with Crippen LogP contribution in [0.25, 0.3) is 0 Å². The molecule has 0 bridgehead atoms. The van der Waals surface area contributed by atoms with Gasteiger partial charge in [-0.1, -0.05) is 0 Å². The fourth-order valence-corrected chi connectivity index (χ4v) is 3.36. The van der Waals surface area contributed by atoms with E-state index in [9.17, 15) is 4.21 Å². The van der Waals surface area contributed by atoms with Crippen molar-refractivity contribution in [1.82, 2.24) is 4.57 Å². The second kappa shape index (κ2) is 5.10. The SMILES string of the molecule is Cn1c(C#N)cc2c1CCC[C@H]2CC(C)(C)S(N)=O. The number of fused-ring (bicyclic) bond motifs is 1. The van der Waals surface area contributed by atoms with E-state index in [1.54, 1.807) is 0 Å². The lowest BCUT2D eigenvalue weighted by molar-refractivity contribution is 0.457. The maximum Gasteiger partial charge on any atom is 0.120 e. The van der Waals surface area contributed by atoms with Gasteiger partial charge < -0.3 is 4.57 Å². The van der Waals surface area contributed by atoms with Crippen LogP contribution in [-0.2, 0) is 24.5 Å². The van der Waals surface area contributed by atoms with Crippen molar-refractivity contribution in [3.8, 4) is 6.07 Å². The van der Waals surface area contributed by atoms with Crippen LogP contribution in [0.3, 0.4) is 0 Å². The van der Waals surface area contributed by atoms with Gasteiger partial charge >= 0.3 is 0 Å². The van der Waals surface area contributed by atoms with Crippen molar-refractivity contribution in [2.24, 2.45) is 12.2 Å². The van der Waals surface area contributed by atoms with Gasteiger partial charge in [0.25, 0.3) is 0 Å². The van der Waals surface area contributed by atoms with Gasteiger partial charge in [0.1, 0.15) is 11.8 Å². The lowest BCUT2D eigenvalue weighted by atomic mass is 9.81. The third-order valence-corrected chi connectivity index (χ3v) is 5.45. The lowest BCUT2D eigenvalue weighted by Gasteiger charge is -2.30. The van der Waals surface area contributed by atoms with Crippen LogP contribution >= 0.6 is 0 Å². The predicted molar refractivity (Wildman–Crippen MR) is 76.8 cm³/mol. The lowest BCUT2D eigenvalue weighted by Crippen LogP contribution is -2.34. The third-order valence-electron chi connectivity index (χ3n) is 4.19. The first-order valence-corrected chi connectivity index (χ1v) is 7.83. The summed E-state index contributed by atoms with van der Waals surface area (Å²) in [5.41, 5.74) is 3.22. The molecule has 1 heterocycles. The van der Waals surface area contributed by atoms with Gasteiger partial charge in [-0.25, -0.2) is 4.21 Å². The molecular formula is C14H21N3OS. The Balaban J connectivity index is 2.33. The molecule has 0 aliphatic heterocycles. The second-order valence-electron chi connectivity index (χ2n) is 5.95. The molecule has 0 amide bonds. The highest BCUT2D eigenvalue weighted by atomic mass is 32.2. The molecule has 0 aromatic carbocycles. The molecule has 5 heteroatoms. The van der Waals surface area contributed by atoms with E-state index >= 15 is 0 Å². The number of aromatic nitrogens is 1. The first-order chi connectivity index (χ1) is 8.86. The minimum absolute atomic E-state index is 0.361. The molecule has 19 heavy (non-hydrogen) atoms. The van der Waals surface area contributed by atoms with Crippen molar-refractivity contribution in [2.45, 2.75) is 50.2 Å². The maximum absolute atomic E-state index is 11.6. The summed E-state index contributed by atoms with van der Waals surface area (Å²) in [6, 6.07) is 4.23. The molecule has 1 unspecified atom stereocenters. The summed E-state index contributed by atoms with van der Waals surface area (Å²) < 4.78 is 13.2. The number of rotatable bonds is 3. The molecule has 4 nitrogen and oxygen atoms in total. The van der Waals surface area contributed by atoms with Gasteiger partial charge in [-0.05, 0) is 57.1 Å². The van der Waals surface area contributed by atoms with E-state index in [-0.39, 0.29) is 4.75 Å². The van der Waals surface area contributed by atoms with Crippen LogP contribution in [0.4, 0.5) is 0 Å². The highest BCUT2D eigenvalue weighted by Gasteiger charge is 2.32. The molecule has 2 N–H and O–H groups in total. The molecule has 0 saturated carbocycles. The Kier molecular flexibility index (Phi) is 3.84. The quantitative estimate of drug-likeness (QED) is 0.920. The molecule has 1 aliphatic rings. The van der Waals surface area contributed by atoms with E-state index in [2.05, 4.69) is 6.07 Å². The average molecular weight is 279 g/mol. The summed E-state index contributed by atoms with van der Waals surface area (Å²) in [5, 5.41) is 14.7. The zero-order valence-electron chi connectivity index (χ0n) is 11.8. The first kappa shape index (κ1) is 14.3. The van der Waals surface area contributed by atoms with Gasteiger partial charge in [0, 0.05) is 12.7 Å². The largest absolute Gasteiger partial charge is 0.339 e. The van der Waals surface area contributed by atoms with E-state index in [0.29, 0.717) is 11.6 Å². The topological polar surface area (TPSA) is 71.8 Å². The normalized spacial score (nSPS) is 20.7. The van der Waals surface area contributed by atoms with Crippen molar-refractivity contribution in [3.05, 3.63) is 23.0 Å². The minimum Gasteiger partial charge on any atom is -0.339 e. The molecule has 0 fully saturated rings. The standard InChI is InChI=1S/C14H21N3OS/c1-14(2,19(16)18)8-10-5-4-6-13-12(10)7-11(9-15)17(13)3/h7,10H,4-6,8,16H2,1-3H3/t10-,19?/m0/s1. The van der Waals surface area contributed by atoms with E-state index in [1.807, 2.05) is 31.5 Å². The van der Waals surface area contributed by atoms with Crippen LogP contribution in [0, 0.1) is 11.3 Å². The van der Waals surface area contributed by atoms with Gasteiger partial charge in [-0.2, -0.15) is 5.26 Å². The van der Waals surface area contributed by atoms with Gasteiger partial charge in [-0.3, -0.25) is 5.14 Å². The van der Waals surface area contributed by atoms with E-state index in [4.69, 9.17) is 10.4 Å². The zero-order chi connectivity index (χ0) is 14.2. The molecule has 2 atom stereocenters. The van der Waals surface area contributed by atoms with Crippen LogP contribution in [-0.4, -0.2) is 13.5 Å². The van der Waals surface area contributed by atoms with Crippen molar-refractivity contribution < 1.29 is 4.21 Å². The molecule has 0 spiro atoms. The summed E-state index contributed by atoms with van der Waals surface area (Å²) in [7, 11) is 0.624. The van der Waals surface area contributed by atoms with Crippen molar-refractivity contribution >= 4 is 11.0 Å². The smallest absolute Gasteiger partial charge is 0.120 e. The van der Waals surface area contributed by atoms with Gasteiger partial charge in [0.2, 0.25) is 0 Å². The molecule has 2 rings (SSSR count). The van der Waals surface area contributed by atoms with Crippen molar-refractivity contribution in [3.63, 3.8) is 0 Å². The predicted octanol–water partition coefficient (Wildman–Crippen LogP) is 2.11. The van der Waals surface area contributed by atoms with Crippen LogP contribution in [0.1, 0.15) is 56.0 Å². The summed E-state index contributed by atoms with van der Waals surface area (Å²) in [5.74, 6) is 0.361. The highest BCUT2D eigenvalue weighted by Crippen LogP contribution is 2.39. The Labute approximate surface area is 117 Å². The third kappa shape index (κ3) is 2.60. The molecular weight excluding hydrogens is 258 g/mol. The van der Waals surface area contributed by atoms with Crippen LogP contribution in [0.5, 0.6) is 0 Å². The highest BCUT2D eigenvalue weighted by molar-refractivity contribution is 7.84. The van der Waals surface area contributed by atoms with Crippen molar-refractivity contribution in [2.75, 3.05) is 0 Å². The number of nitrogens with zero attached hydrogens (tertiary/aromatic N) is 2. The summed E-state index contributed by atoms with van der Waals surface area (Å²) in [6.45, 7) is 3.90. The Hall–Kier alpha value is -1.12. The first-order valence-electron chi connectivity index (χ1n) is 6.61. The Morgan fingerprint density at radius 1 is 1.63 bits per heavy atom. The van der Waals surface area contributed by atoms with Gasteiger partial charge in [-0.15, -0.1) is 0 Å². The van der Waals surface area contributed by atoms with Gasteiger partial charge in [0.05, 0.1) is 15.7 Å². The van der Waals surface area contributed by atoms with Crippen LogP contribution in [0.15, 0.2) is 6.07 Å². The summed E-state index contributed by atoms with van der Waals surface area (Å²) in [6.07, 6.45) is 4.03. The number of nitrogens with two attached hydrogens (primary N) is 1. The molecule has 1 aliphatic carbocycles. The monoisotopic (exact) mass is 279 g/mol. The fourth-order valence-electron chi connectivity index (χ4n) is 3.00. The molecule has 0 radical (unpaired) electrons. The van der Waals surface area contributed by atoms with Crippen molar-refractivity contribution in [1.29, 1.82) is 5.26 Å². The zero-order valence-corrected chi connectivity index (χ0v) is 12.6. The summed E-state index contributed by atoms with van der Waals surface area (Å²) in [4.78, 5) is 0. The number of hydrogen-bond donors (Lipinski definition) is 1. The van der Waals surface area contributed by atoms with Gasteiger partial charge in [0.15, 0.2) is 0 Å². The van der Waals surface area contributed by atoms with Crippen LogP contribution < -0.4 is 5.14 Å². The molecule has 0 saturated heterocycles. The molecule has 1 aromatic heterocycles. The Morgan fingerprint density at radius 3 is 2.89 bits per heavy atom. The molecule has 104 valence electrons. The summed E-state index contributed by atoms with van der Waals surface area (Å²) >= 11 is 0. The van der Waals surface area contributed by atoms with E-state index < -0.39 is 11.0 Å². The van der Waals surface area contributed by atoms with Crippen LogP contribution in [0.2, 0.25) is 0 Å². The van der Waals surface area contributed by atoms with E-state index in [1.165, 1.54) is 11.3 Å². The number of hydrogen-bond acceptors (Lipinski definition) is 2. The number of nitriles is 1. The average Bonchev–Trinajstić information content (AvgIpc) is 2.67. The Bertz CT molecular complexity index is 554. The fraction of sp³-hybridized carbons (Fsp3) is 0.643. The van der Waals surface area contributed by atoms with E-state index in [0.717, 1.165) is 25.7 Å².